The molecule has 0 saturated heterocycles. The number of ether oxygens (including phenoxy) is 1. The van der Waals surface area contributed by atoms with Crippen LogP contribution in [0.2, 0.25) is 0 Å². The number of nitrogens with zero attached hydrogens (tertiary/aromatic N) is 2. The Hall–Kier alpha value is -5.25. The van der Waals surface area contributed by atoms with E-state index in [0.717, 1.165) is 22.5 Å². The van der Waals surface area contributed by atoms with E-state index in [1.165, 1.54) is 36.0 Å². The molecule has 3 aliphatic rings. The molecular formula is C42H51N5O5. The average molecular weight is 706 g/mol. The zero-order chi connectivity index (χ0) is 37.5. The van der Waals surface area contributed by atoms with Crippen LogP contribution in [0, 0.1) is 0 Å². The topological polar surface area (TPSA) is 139 Å². The number of oxazole rings is 1. The van der Waals surface area contributed by atoms with Gasteiger partial charge in [-0.3, -0.25) is 14.6 Å². The fraction of sp³-hybridized carbons (Fsp3) is 0.405. The Bertz CT molecular complexity index is 2090. The first-order valence-electron chi connectivity index (χ1n) is 18.2. The van der Waals surface area contributed by atoms with Crippen LogP contribution < -0.4 is 21.1 Å². The smallest absolute Gasteiger partial charge is 0.417 e. The van der Waals surface area contributed by atoms with Crippen LogP contribution >= 0.6 is 0 Å². The summed E-state index contributed by atoms with van der Waals surface area (Å²) in [4.78, 5) is 43.8. The Morgan fingerprint density at radius 3 is 1.88 bits per heavy atom. The molecule has 5 heterocycles. The summed E-state index contributed by atoms with van der Waals surface area (Å²) in [6.07, 6.45) is 8.02. The highest BCUT2D eigenvalue weighted by molar-refractivity contribution is 5.97. The molecule has 0 bridgehead atoms. The summed E-state index contributed by atoms with van der Waals surface area (Å²) >= 11 is 0. The van der Waals surface area contributed by atoms with Crippen LogP contribution in [0.3, 0.4) is 0 Å². The van der Waals surface area contributed by atoms with Crippen LogP contribution in [0.15, 0.2) is 70.1 Å². The van der Waals surface area contributed by atoms with Gasteiger partial charge in [0, 0.05) is 18.0 Å². The summed E-state index contributed by atoms with van der Waals surface area (Å²) in [6, 6.07) is 16.8. The SMILES string of the molecule is CC(C)c1ccc2[nH]c(=O)oc2c1.CC(C)c1ccc2c(c1)CCC2.CC(C)c1cnc2c(c1)CC(=O)N2.CC(C)c1cnc2c(c1)OCC(=O)N2. The molecule has 10 heteroatoms. The predicted octanol–water partition coefficient (Wildman–Crippen LogP) is 8.78. The van der Waals surface area contributed by atoms with Gasteiger partial charge in [-0.1, -0.05) is 79.7 Å². The number of aromatic nitrogens is 3. The maximum Gasteiger partial charge on any atom is 0.417 e. The number of aryl methyl sites for hydroxylation is 2. The van der Waals surface area contributed by atoms with Crippen molar-refractivity contribution in [2.45, 2.75) is 105 Å². The number of aromatic amines is 1. The van der Waals surface area contributed by atoms with Crippen molar-refractivity contribution in [3.8, 4) is 5.75 Å². The normalized spacial score (nSPS) is 13.9. The molecule has 2 aromatic carbocycles. The average Bonchev–Trinajstić information content (AvgIpc) is 3.84. The maximum absolute atomic E-state index is 11.0. The van der Waals surface area contributed by atoms with Gasteiger partial charge in [-0.25, -0.2) is 14.8 Å². The van der Waals surface area contributed by atoms with Crippen molar-refractivity contribution in [1.29, 1.82) is 0 Å². The second-order valence-electron chi connectivity index (χ2n) is 14.7. The minimum atomic E-state index is -0.393. The molecule has 0 spiro atoms. The number of benzene rings is 2. The molecule has 10 nitrogen and oxygen atoms in total. The molecule has 3 aromatic heterocycles. The first-order chi connectivity index (χ1) is 24.8. The number of amides is 2. The Labute approximate surface area is 305 Å². The molecule has 0 saturated carbocycles. The van der Waals surface area contributed by atoms with E-state index in [-0.39, 0.29) is 18.4 Å². The molecule has 52 heavy (non-hydrogen) atoms. The number of rotatable bonds is 4. The highest BCUT2D eigenvalue weighted by Gasteiger charge is 2.20. The van der Waals surface area contributed by atoms with E-state index in [2.05, 4.69) is 105 Å². The van der Waals surface area contributed by atoms with Crippen molar-refractivity contribution in [3.05, 3.63) is 110 Å². The largest absolute Gasteiger partial charge is 0.480 e. The fourth-order valence-electron chi connectivity index (χ4n) is 6.00. The lowest BCUT2D eigenvalue weighted by Gasteiger charge is -2.18. The molecule has 0 unspecified atom stereocenters. The van der Waals surface area contributed by atoms with Crippen LogP contribution in [0.25, 0.3) is 11.1 Å². The summed E-state index contributed by atoms with van der Waals surface area (Å²) in [5.41, 5.74) is 10.6. The second kappa shape index (κ2) is 16.8. The molecule has 3 N–H and O–H groups in total. The van der Waals surface area contributed by atoms with E-state index in [9.17, 15) is 14.4 Å². The highest BCUT2D eigenvalue weighted by Crippen LogP contribution is 2.29. The lowest BCUT2D eigenvalue weighted by molar-refractivity contribution is -0.118. The Balaban J connectivity index is 0.000000134. The van der Waals surface area contributed by atoms with Crippen molar-refractivity contribution >= 4 is 34.5 Å². The van der Waals surface area contributed by atoms with Gasteiger partial charge in [0.1, 0.15) is 5.82 Å². The van der Waals surface area contributed by atoms with E-state index in [1.807, 2.05) is 30.5 Å². The van der Waals surface area contributed by atoms with Gasteiger partial charge >= 0.3 is 5.76 Å². The quantitative estimate of drug-likeness (QED) is 0.170. The monoisotopic (exact) mass is 705 g/mol. The Morgan fingerprint density at radius 2 is 1.19 bits per heavy atom. The minimum absolute atomic E-state index is 0.0448. The molecule has 1 aliphatic carbocycles. The molecule has 8 rings (SSSR count). The highest BCUT2D eigenvalue weighted by atomic mass is 16.5. The van der Waals surface area contributed by atoms with Crippen molar-refractivity contribution < 1.29 is 18.7 Å². The number of hydrogen-bond acceptors (Lipinski definition) is 7. The second-order valence-corrected chi connectivity index (χ2v) is 14.7. The summed E-state index contributed by atoms with van der Waals surface area (Å²) in [5.74, 6) is 3.42. The molecule has 274 valence electrons. The lowest BCUT2D eigenvalue weighted by atomic mass is 9.99. The van der Waals surface area contributed by atoms with E-state index < -0.39 is 5.76 Å². The van der Waals surface area contributed by atoms with Crippen LogP contribution in [-0.4, -0.2) is 33.4 Å². The summed E-state index contributed by atoms with van der Waals surface area (Å²) in [7, 11) is 0. The zero-order valence-corrected chi connectivity index (χ0v) is 31.6. The predicted molar refractivity (Wildman–Crippen MR) is 207 cm³/mol. The number of anilines is 2. The fourth-order valence-corrected chi connectivity index (χ4v) is 6.00. The minimum Gasteiger partial charge on any atom is -0.480 e. The van der Waals surface area contributed by atoms with Crippen LogP contribution in [0.1, 0.15) is 124 Å². The molecule has 0 atom stereocenters. The number of carbonyl (C=O) groups excluding carboxylic acids is 2. The van der Waals surface area contributed by atoms with E-state index in [1.54, 1.807) is 17.3 Å². The van der Waals surface area contributed by atoms with Crippen molar-refractivity contribution in [2.75, 3.05) is 17.2 Å². The van der Waals surface area contributed by atoms with Gasteiger partial charge in [0.25, 0.3) is 5.91 Å². The third kappa shape index (κ3) is 9.75. The number of fused-ring (bicyclic) bond motifs is 4. The van der Waals surface area contributed by atoms with Crippen LogP contribution in [0.5, 0.6) is 5.75 Å². The number of hydrogen-bond donors (Lipinski definition) is 3. The van der Waals surface area contributed by atoms with Gasteiger partial charge in [-0.2, -0.15) is 0 Å². The van der Waals surface area contributed by atoms with E-state index in [4.69, 9.17) is 9.15 Å². The Kier molecular flexibility index (Phi) is 12.3. The van der Waals surface area contributed by atoms with Crippen molar-refractivity contribution in [3.63, 3.8) is 0 Å². The van der Waals surface area contributed by atoms with Crippen molar-refractivity contribution in [2.24, 2.45) is 0 Å². The Morgan fingerprint density at radius 1 is 0.615 bits per heavy atom. The molecule has 5 aromatic rings. The third-order valence-corrected chi connectivity index (χ3v) is 9.32. The van der Waals surface area contributed by atoms with E-state index >= 15 is 0 Å². The maximum atomic E-state index is 11.0. The number of carbonyl (C=O) groups is 2. The summed E-state index contributed by atoms with van der Waals surface area (Å²) < 4.78 is 10.2. The molecular weight excluding hydrogens is 654 g/mol. The third-order valence-electron chi connectivity index (χ3n) is 9.32. The van der Waals surface area contributed by atoms with Gasteiger partial charge in [-0.15, -0.1) is 0 Å². The summed E-state index contributed by atoms with van der Waals surface area (Å²) in [6.45, 7) is 17.2. The van der Waals surface area contributed by atoms with Gasteiger partial charge in [0.2, 0.25) is 5.91 Å². The van der Waals surface area contributed by atoms with E-state index in [0.29, 0.717) is 47.2 Å². The van der Waals surface area contributed by atoms with Gasteiger partial charge in [0.05, 0.1) is 11.9 Å². The number of nitrogens with one attached hydrogen (secondary N) is 3. The molecule has 2 aliphatic heterocycles. The standard InChI is InChI=1S/C12H16.C10H12N2O2.C10H12N2O.C10H11NO2/c1-9(2)11-7-6-10-4-3-5-12(10)8-11;1-6(2)7-3-8-10(11-4-7)12-9(13)5-14-8;1-6(2)8-3-7-4-9(13)12-10(7)11-5-8;1-6(2)7-3-4-8-9(5-7)13-10(12)11-8/h6-9H,3-5H2,1-2H3;3-4,6H,5H2,1-2H3,(H,11,12,13);3,5-6H,4H2,1-2H3,(H,11,12,13);3-6H,1-2H3,(H,11,12). The van der Waals surface area contributed by atoms with Crippen LogP contribution in [0.4, 0.5) is 11.6 Å². The molecule has 0 radical (unpaired) electrons. The molecule has 2 amide bonds. The van der Waals surface area contributed by atoms with Gasteiger partial charge in [0.15, 0.2) is 23.8 Å². The lowest BCUT2D eigenvalue weighted by Crippen LogP contribution is -2.26. The number of pyridine rings is 2. The first-order valence-corrected chi connectivity index (χ1v) is 18.2. The summed E-state index contributed by atoms with van der Waals surface area (Å²) in [5, 5.41) is 5.36. The van der Waals surface area contributed by atoms with Crippen molar-refractivity contribution in [1.82, 2.24) is 15.0 Å². The van der Waals surface area contributed by atoms with Crippen LogP contribution in [-0.2, 0) is 28.9 Å². The van der Waals surface area contributed by atoms with Gasteiger partial charge < -0.3 is 19.8 Å². The zero-order valence-electron chi connectivity index (χ0n) is 31.6. The first kappa shape index (κ1) is 38.0. The van der Waals surface area contributed by atoms with Gasteiger partial charge in [-0.05, 0) is 101 Å². The molecule has 0 fully saturated rings. The number of H-pyrrole nitrogens is 1.